The van der Waals surface area contributed by atoms with E-state index in [-0.39, 0.29) is 6.10 Å². The van der Waals surface area contributed by atoms with Gasteiger partial charge in [-0.15, -0.1) is 0 Å². The zero-order valence-electron chi connectivity index (χ0n) is 12.3. The molecular formula is C16H31NO. The summed E-state index contributed by atoms with van der Waals surface area (Å²) in [6.45, 7) is 8.04. The van der Waals surface area contributed by atoms with E-state index in [1.165, 1.54) is 58.0 Å². The lowest BCUT2D eigenvalue weighted by molar-refractivity contribution is 0.0663. The summed E-state index contributed by atoms with van der Waals surface area (Å²) in [7, 11) is 0. The van der Waals surface area contributed by atoms with Gasteiger partial charge >= 0.3 is 0 Å². The molecule has 2 unspecified atom stereocenters. The third-order valence-electron chi connectivity index (χ3n) is 5.20. The lowest BCUT2D eigenvalue weighted by Gasteiger charge is -2.26. The second-order valence-electron chi connectivity index (χ2n) is 6.85. The monoisotopic (exact) mass is 253 g/mol. The summed E-state index contributed by atoms with van der Waals surface area (Å²) in [5.41, 5.74) is 0. The minimum absolute atomic E-state index is 0.0666. The predicted molar refractivity (Wildman–Crippen MR) is 76.6 cm³/mol. The third kappa shape index (κ3) is 3.96. The number of β-amino-alcohol motifs (C(OH)–C–C–N with tert-alkyl or cyclic N) is 1. The Kier molecular flexibility index (Phi) is 5.50. The number of hydrogen-bond acceptors (Lipinski definition) is 2. The second kappa shape index (κ2) is 6.91. The molecule has 1 saturated carbocycles. The first-order valence-corrected chi connectivity index (χ1v) is 8.07. The number of hydrogen-bond donors (Lipinski definition) is 1. The van der Waals surface area contributed by atoms with Crippen LogP contribution in [0.4, 0.5) is 0 Å². The molecule has 1 saturated heterocycles. The van der Waals surface area contributed by atoms with Crippen LogP contribution < -0.4 is 0 Å². The van der Waals surface area contributed by atoms with Gasteiger partial charge in [-0.1, -0.05) is 26.7 Å². The van der Waals surface area contributed by atoms with Crippen LogP contribution in [-0.2, 0) is 0 Å². The van der Waals surface area contributed by atoms with Crippen molar-refractivity contribution < 1.29 is 5.11 Å². The SMILES string of the molecule is CC(C)C1CCCN(CC(O)C2CCCC2)CC1. The van der Waals surface area contributed by atoms with Gasteiger partial charge in [-0.2, -0.15) is 0 Å². The van der Waals surface area contributed by atoms with Gasteiger partial charge in [0.25, 0.3) is 0 Å². The molecule has 1 aliphatic carbocycles. The smallest absolute Gasteiger partial charge is 0.0695 e. The first kappa shape index (κ1) is 14.3. The molecule has 2 rings (SSSR count). The molecule has 1 heterocycles. The largest absolute Gasteiger partial charge is 0.392 e. The van der Waals surface area contributed by atoms with E-state index in [0.717, 1.165) is 18.4 Å². The van der Waals surface area contributed by atoms with Crippen LogP contribution in [0.5, 0.6) is 0 Å². The topological polar surface area (TPSA) is 23.5 Å². The summed E-state index contributed by atoms with van der Waals surface area (Å²) in [6.07, 6.45) is 9.13. The average molecular weight is 253 g/mol. The van der Waals surface area contributed by atoms with Crippen molar-refractivity contribution in [3.05, 3.63) is 0 Å². The summed E-state index contributed by atoms with van der Waals surface area (Å²) < 4.78 is 0. The average Bonchev–Trinajstić information content (AvgIpc) is 2.77. The molecule has 18 heavy (non-hydrogen) atoms. The van der Waals surface area contributed by atoms with Gasteiger partial charge in [0.15, 0.2) is 0 Å². The summed E-state index contributed by atoms with van der Waals surface area (Å²) in [5, 5.41) is 10.3. The molecule has 0 bridgehead atoms. The Morgan fingerprint density at radius 1 is 0.944 bits per heavy atom. The van der Waals surface area contributed by atoms with Crippen LogP contribution in [0.15, 0.2) is 0 Å². The van der Waals surface area contributed by atoms with Crippen LogP contribution >= 0.6 is 0 Å². The molecular weight excluding hydrogens is 222 g/mol. The lowest BCUT2D eigenvalue weighted by Crippen LogP contribution is -2.36. The predicted octanol–water partition coefficient (Wildman–Crippen LogP) is 3.30. The number of rotatable bonds is 4. The van der Waals surface area contributed by atoms with Gasteiger partial charge < -0.3 is 10.0 Å². The van der Waals surface area contributed by atoms with Gasteiger partial charge in [-0.3, -0.25) is 0 Å². The van der Waals surface area contributed by atoms with Crippen molar-refractivity contribution in [3.63, 3.8) is 0 Å². The molecule has 2 atom stereocenters. The van der Waals surface area contributed by atoms with Crippen molar-refractivity contribution >= 4 is 0 Å². The highest BCUT2D eigenvalue weighted by Crippen LogP contribution is 2.29. The highest BCUT2D eigenvalue weighted by atomic mass is 16.3. The maximum absolute atomic E-state index is 10.3. The Hall–Kier alpha value is -0.0800. The standard InChI is InChI=1S/C16H31NO/c1-13(2)14-8-5-10-17(11-9-14)12-16(18)15-6-3-4-7-15/h13-16,18H,3-12H2,1-2H3. The molecule has 0 amide bonds. The van der Waals surface area contributed by atoms with Gasteiger partial charge in [0, 0.05) is 6.54 Å². The van der Waals surface area contributed by atoms with Gasteiger partial charge in [-0.05, 0) is 62.9 Å². The van der Waals surface area contributed by atoms with Crippen molar-refractivity contribution in [3.8, 4) is 0 Å². The number of nitrogens with zero attached hydrogens (tertiary/aromatic N) is 1. The Bertz CT molecular complexity index is 235. The molecule has 2 fully saturated rings. The molecule has 2 nitrogen and oxygen atoms in total. The van der Waals surface area contributed by atoms with E-state index < -0.39 is 0 Å². The lowest BCUT2D eigenvalue weighted by atomic mass is 9.89. The quantitative estimate of drug-likeness (QED) is 0.831. The van der Waals surface area contributed by atoms with E-state index in [4.69, 9.17) is 0 Å². The van der Waals surface area contributed by atoms with Gasteiger partial charge in [-0.25, -0.2) is 0 Å². The second-order valence-corrected chi connectivity index (χ2v) is 6.85. The van der Waals surface area contributed by atoms with Crippen molar-refractivity contribution in [1.29, 1.82) is 0 Å². The maximum atomic E-state index is 10.3. The first-order chi connectivity index (χ1) is 8.66. The van der Waals surface area contributed by atoms with Crippen molar-refractivity contribution in [2.45, 2.75) is 64.9 Å². The summed E-state index contributed by atoms with van der Waals surface area (Å²) >= 11 is 0. The number of likely N-dealkylation sites (tertiary alicyclic amines) is 1. The van der Waals surface area contributed by atoms with E-state index >= 15 is 0 Å². The number of aliphatic hydroxyl groups excluding tert-OH is 1. The molecule has 0 radical (unpaired) electrons. The maximum Gasteiger partial charge on any atom is 0.0695 e. The van der Waals surface area contributed by atoms with Crippen molar-refractivity contribution in [2.75, 3.05) is 19.6 Å². The van der Waals surface area contributed by atoms with Gasteiger partial charge in [0.2, 0.25) is 0 Å². The molecule has 0 aromatic rings. The molecule has 1 N–H and O–H groups in total. The van der Waals surface area contributed by atoms with E-state index in [1.54, 1.807) is 0 Å². The fourth-order valence-electron chi connectivity index (χ4n) is 3.79. The van der Waals surface area contributed by atoms with Crippen LogP contribution in [0, 0.1) is 17.8 Å². The van der Waals surface area contributed by atoms with Gasteiger partial charge in [0.05, 0.1) is 6.10 Å². The minimum atomic E-state index is -0.0666. The van der Waals surface area contributed by atoms with E-state index in [2.05, 4.69) is 18.7 Å². The van der Waals surface area contributed by atoms with Crippen LogP contribution in [0.1, 0.15) is 58.8 Å². The van der Waals surface area contributed by atoms with Crippen molar-refractivity contribution in [2.24, 2.45) is 17.8 Å². The fraction of sp³-hybridized carbons (Fsp3) is 1.00. The fourth-order valence-corrected chi connectivity index (χ4v) is 3.79. The summed E-state index contributed by atoms with van der Waals surface area (Å²) in [6, 6.07) is 0. The molecule has 0 aromatic heterocycles. The first-order valence-electron chi connectivity index (χ1n) is 8.07. The molecule has 0 aromatic carbocycles. The highest BCUT2D eigenvalue weighted by Gasteiger charge is 2.26. The van der Waals surface area contributed by atoms with Crippen LogP contribution in [0.3, 0.4) is 0 Å². The van der Waals surface area contributed by atoms with Crippen molar-refractivity contribution in [1.82, 2.24) is 4.90 Å². The molecule has 1 aliphatic heterocycles. The van der Waals surface area contributed by atoms with Gasteiger partial charge in [0.1, 0.15) is 0 Å². The normalized spacial score (nSPS) is 29.7. The molecule has 0 spiro atoms. The third-order valence-corrected chi connectivity index (χ3v) is 5.20. The van der Waals surface area contributed by atoms with E-state index in [9.17, 15) is 5.11 Å². The van der Waals surface area contributed by atoms with E-state index in [0.29, 0.717) is 5.92 Å². The Balaban J connectivity index is 1.75. The van der Waals surface area contributed by atoms with Crippen LogP contribution in [0.2, 0.25) is 0 Å². The van der Waals surface area contributed by atoms with Crippen LogP contribution in [-0.4, -0.2) is 35.7 Å². The summed E-state index contributed by atoms with van der Waals surface area (Å²) in [5.74, 6) is 2.32. The summed E-state index contributed by atoms with van der Waals surface area (Å²) in [4.78, 5) is 2.52. The zero-order chi connectivity index (χ0) is 13.0. The molecule has 2 heteroatoms. The highest BCUT2D eigenvalue weighted by molar-refractivity contribution is 4.79. The number of aliphatic hydroxyl groups is 1. The molecule has 106 valence electrons. The minimum Gasteiger partial charge on any atom is -0.392 e. The Labute approximate surface area is 113 Å². The Morgan fingerprint density at radius 3 is 2.28 bits per heavy atom. The zero-order valence-corrected chi connectivity index (χ0v) is 12.3. The van der Waals surface area contributed by atoms with Crippen LogP contribution in [0.25, 0.3) is 0 Å². The Morgan fingerprint density at radius 2 is 1.61 bits per heavy atom. The molecule has 2 aliphatic rings. The van der Waals surface area contributed by atoms with E-state index in [1.807, 2.05) is 0 Å².